The Morgan fingerprint density at radius 3 is 2.48 bits per heavy atom. The number of halogens is 4. The van der Waals surface area contributed by atoms with E-state index in [4.69, 9.17) is 0 Å². The average Bonchev–Trinajstić information content (AvgIpc) is 3.14. The summed E-state index contributed by atoms with van der Waals surface area (Å²) in [5, 5.41) is 7.04. The number of hydrogen-bond donors (Lipinski definition) is 4. The predicted molar refractivity (Wildman–Crippen MR) is 112 cm³/mol. The smallest absolute Gasteiger partial charge is 0.356 e. The lowest BCUT2D eigenvalue weighted by Crippen LogP contribution is -2.46. The standard InChI is InChI=1S/C19H24F4N6O2.3H2/c1-9(2)14(18(31)26-8-19(21,22)23)28-16-12(20)7-25-15(29-16)11-5-13(24-6-11)17(30)27-10(3)4;;;/h5-7,9-10,14,24H,8H2,1-4H3,(H,26,31)(H,27,30)(H,25,28,29);3*1H/t14-;;;/m1.../s1. The molecule has 2 amide bonds. The highest BCUT2D eigenvalue weighted by Gasteiger charge is 2.31. The Kier molecular flexibility index (Phi) is 7.58. The second kappa shape index (κ2) is 9.75. The van der Waals surface area contributed by atoms with Crippen LogP contribution in [-0.2, 0) is 4.79 Å². The molecule has 0 unspecified atom stereocenters. The summed E-state index contributed by atoms with van der Waals surface area (Å²) >= 11 is 0. The van der Waals surface area contributed by atoms with Gasteiger partial charge in [0.05, 0.1) is 6.20 Å². The Morgan fingerprint density at radius 2 is 1.90 bits per heavy atom. The van der Waals surface area contributed by atoms with E-state index in [9.17, 15) is 27.2 Å². The van der Waals surface area contributed by atoms with E-state index in [1.165, 1.54) is 12.3 Å². The van der Waals surface area contributed by atoms with Crippen LogP contribution in [0.3, 0.4) is 0 Å². The third-order valence-electron chi connectivity index (χ3n) is 4.05. The number of carbonyl (C=O) groups is 2. The molecule has 0 aliphatic carbocycles. The second-order valence-electron chi connectivity index (χ2n) is 7.52. The maximum Gasteiger partial charge on any atom is 0.405 e. The van der Waals surface area contributed by atoms with Crippen LogP contribution in [0.1, 0.15) is 42.5 Å². The van der Waals surface area contributed by atoms with Crippen molar-refractivity contribution in [2.45, 2.75) is 46.0 Å². The maximum atomic E-state index is 14.3. The van der Waals surface area contributed by atoms with Gasteiger partial charge in [-0.1, -0.05) is 13.8 Å². The second-order valence-corrected chi connectivity index (χ2v) is 7.52. The first kappa shape index (κ1) is 24.1. The van der Waals surface area contributed by atoms with E-state index in [0.717, 1.165) is 6.20 Å². The first-order valence-corrected chi connectivity index (χ1v) is 9.50. The van der Waals surface area contributed by atoms with Crippen LogP contribution < -0.4 is 16.0 Å². The predicted octanol–water partition coefficient (Wildman–Crippen LogP) is 3.60. The van der Waals surface area contributed by atoms with Gasteiger partial charge in [-0.05, 0) is 25.8 Å². The maximum absolute atomic E-state index is 14.3. The molecule has 2 aromatic heterocycles. The zero-order valence-corrected chi connectivity index (χ0v) is 17.4. The van der Waals surface area contributed by atoms with Crippen molar-refractivity contribution < 1.29 is 31.4 Å². The number of hydrogen-bond acceptors (Lipinski definition) is 5. The summed E-state index contributed by atoms with van der Waals surface area (Å²) in [6.07, 6.45) is -2.24. The summed E-state index contributed by atoms with van der Waals surface area (Å²) in [5.41, 5.74) is 0.636. The fourth-order valence-electron chi connectivity index (χ4n) is 2.58. The van der Waals surface area contributed by atoms with Gasteiger partial charge in [0.2, 0.25) is 5.91 Å². The summed E-state index contributed by atoms with van der Waals surface area (Å²) in [6.45, 7) is 5.30. The molecule has 8 nitrogen and oxygen atoms in total. The Hall–Kier alpha value is -3.18. The zero-order chi connectivity index (χ0) is 23.3. The number of rotatable bonds is 8. The summed E-state index contributed by atoms with van der Waals surface area (Å²) in [4.78, 5) is 34.9. The zero-order valence-electron chi connectivity index (χ0n) is 17.4. The SMILES string of the molecule is CC(C)NC(=O)c1cc(-c2ncc(F)c(N[C@@H](C(=O)NCC(F)(F)F)C(C)C)n2)c[nH]1.[HH].[HH].[HH]. The summed E-state index contributed by atoms with van der Waals surface area (Å²) in [7, 11) is 0. The molecular formula is C19H30F4N6O2. The molecule has 2 aromatic rings. The molecule has 0 aliphatic heterocycles. The molecule has 0 fully saturated rings. The van der Waals surface area contributed by atoms with Crippen molar-refractivity contribution in [1.82, 2.24) is 25.6 Å². The molecule has 0 aliphatic rings. The highest BCUT2D eigenvalue weighted by molar-refractivity contribution is 5.93. The summed E-state index contributed by atoms with van der Waals surface area (Å²) in [6, 6.07) is 0.233. The van der Waals surface area contributed by atoms with Crippen molar-refractivity contribution in [3.8, 4) is 11.4 Å². The quantitative estimate of drug-likeness (QED) is 0.459. The van der Waals surface area contributed by atoms with E-state index in [1.54, 1.807) is 33.0 Å². The van der Waals surface area contributed by atoms with Crippen LogP contribution in [-0.4, -0.2) is 51.6 Å². The fourth-order valence-corrected chi connectivity index (χ4v) is 2.58. The van der Waals surface area contributed by atoms with Gasteiger partial charge in [0, 0.05) is 22.1 Å². The molecule has 1 atom stereocenters. The van der Waals surface area contributed by atoms with Crippen molar-refractivity contribution in [3.05, 3.63) is 30.0 Å². The summed E-state index contributed by atoms with van der Waals surface area (Å²) in [5.74, 6) is -2.93. The lowest BCUT2D eigenvalue weighted by atomic mass is 10.0. The first-order chi connectivity index (χ1) is 14.4. The van der Waals surface area contributed by atoms with E-state index >= 15 is 0 Å². The first-order valence-electron chi connectivity index (χ1n) is 9.50. The number of aromatic amines is 1. The van der Waals surface area contributed by atoms with Gasteiger partial charge in [-0.2, -0.15) is 13.2 Å². The molecule has 0 bridgehead atoms. The highest BCUT2D eigenvalue weighted by atomic mass is 19.4. The molecule has 0 spiro atoms. The minimum absolute atomic E-state index is 0. The van der Waals surface area contributed by atoms with Gasteiger partial charge >= 0.3 is 6.18 Å². The molecule has 12 heteroatoms. The number of H-pyrrole nitrogens is 1. The molecule has 0 aromatic carbocycles. The molecule has 176 valence electrons. The van der Waals surface area contributed by atoms with E-state index in [-0.39, 0.29) is 33.6 Å². The average molecular weight is 450 g/mol. The lowest BCUT2D eigenvalue weighted by molar-refractivity contribution is -0.139. The minimum atomic E-state index is -4.57. The molecule has 4 N–H and O–H groups in total. The number of anilines is 1. The van der Waals surface area contributed by atoms with Crippen LogP contribution >= 0.6 is 0 Å². The van der Waals surface area contributed by atoms with Crippen LogP contribution in [0.25, 0.3) is 11.4 Å². The van der Waals surface area contributed by atoms with Crippen LogP contribution in [0.15, 0.2) is 18.5 Å². The van der Waals surface area contributed by atoms with E-state index in [2.05, 4.69) is 25.6 Å². The number of nitrogens with zero attached hydrogens (tertiary/aromatic N) is 2. The van der Waals surface area contributed by atoms with Gasteiger partial charge in [-0.25, -0.2) is 14.4 Å². The van der Waals surface area contributed by atoms with Gasteiger partial charge in [0.15, 0.2) is 17.5 Å². The van der Waals surface area contributed by atoms with Crippen LogP contribution in [0, 0.1) is 11.7 Å². The number of amides is 2. The van der Waals surface area contributed by atoms with Crippen LogP contribution in [0.4, 0.5) is 23.4 Å². The van der Waals surface area contributed by atoms with Crippen LogP contribution in [0.5, 0.6) is 0 Å². The van der Waals surface area contributed by atoms with Crippen molar-refractivity contribution in [2.75, 3.05) is 11.9 Å². The molecule has 0 saturated carbocycles. The molecule has 31 heavy (non-hydrogen) atoms. The monoisotopic (exact) mass is 450 g/mol. The Bertz CT molecular complexity index is 941. The van der Waals surface area contributed by atoms with Crippen molar-refractivity contribution in [3.63, 3.8) is 0 Å². The number of nitrogens with one attached hydrogen (secondary N) is 4. The molecule has 0 radical (unpaired) electrons. The minimum Gasteiger partial charge on any atom is -0.356 e. The van der Waals surface area contributed by atoms with Gasteiger partial charge in [0.25, 0.3) is 5.91 Å². The van der Waals surface area contributed by atoms with E-state index in [1.807, 2.05) is 0 Å². The normalized spacial score (nSPS) is 12.7. The molecular weight excluding hydrogens is 420 g/mol. The largest absolute Gasteiger partial charge is 0.405 e. The Labute approximate surface area is 180 Å². The number of carbonyl (C=O) groups excluding carboxylic acids is 2. The van der Waals surface area contributed by atoms with Gasteiger partial charge in [0.1, 0.15) is 18.3 Å². The van der Waals surface area contributed by atoms with Crippen molar-refractivity contribution >= 4 is 17.6 Å². The molecule has 2 heterocycles. The Morgan fingerprint density at radius 1 is 1.23 bits per heavy atom. The third kappa shape index (κ3) is 6.93. The summed E-state index contributed by atoms with van der Waals surface area (Å²) < 4.78 is 51.4. The Balaban J connectivity index is 0. The topological polar surface area (TPSA) is 112 Å². The van der Waals surface area contributed by atoms with Gasteiger partial charge in [-0.3, -0.25) is 9.59 Å². The molecule has 2 rings (SSSR count). The van der Waals surface area contributed by atoms with Crippen molar-refractivity contribution in [2.24, 2.45) is 5.92 Å². The fraction of sp³-hybridized carbons (Fsp3) is 0.474. The van der Waals surface area contributed by atoms with E-state index < -0.39 is 36.4 Å². The van der Waals surface area contributed by atoms with Gasteiger partial charge in [-0.15, -0.1) is 0 Å². The number of alkyl halides is 3. The number of aromatic nitrogens is 3. The van der Waals surface area contributed by atoms with E-state index in [0.29, 0.717) is 5.56 Å². The lowest BCUT2D eigenvalue weighted by Gasteiger charge is -2.23. The van der Waals surface area contributed by atoms with Crippen molar-refractivity contribution in [1.29, 1.82) is 0 Å². The van der Waals surface area contributed by atoms with Gasteiger partial charge < -0.3 is 20.9 Å². The van der Waals surface area contributed by atoms with Crippen LogP contribution in [0.2, 0.25) is 0 Å². The third-order valence-corrected chi connectivity index (χ3v) is 4.05. The molecule has 0 saturated heterocycles. The highest BCUT2D eigenvalue weighted by Crippen LogP contribution is 2.21.